The third kappa shape index (κ3) is 3.53. The molecule has 3 N–H and O–H groups in total. The number of nitrogens with one attached hydrogen (secondary N) is 1. The monoisotopic (exact) mass is 275 g/mol. The van der Waals surface area contributed by atoms with Gasteiger partial charge < -0.3 is 0 Å². The summed E-state index contributed by atoms with van der Waals surface area (Å²) in [5.74, 6) is 5.65. The molecule has 0 saturated heterocycles. The van der Waals surface area contributed by atoms with E-state index in [2.05, 4.69) is 42.5 Å². The Morgan fingerprint density at radius 2 is 2.00 bits per heavy atom. The molecule has 0 radical (unpaired) electrons. The molecule has 2 rings (SSSR count). The summed E-state index contributed by atoms with van der Waals surface area (Å²) < 4.78 is 0. The quantitative estimate of drug-likeness (QED) is 0.512. The van der Waals surface area contributed by atoms with Crippen molar-refractivity contribution in [3.63, 3.8) is 0 Å². The Bertz CT molecular complexity index is 552. The number of aromatic nitrogens is 1. The molecule has 0 aliphatic rings. The van der Waals surface area contributed by atoms with Gasteiger partial charge in [0, 0.05) is 6.20 Å². The Morgan fingerprint density at radius 3 is 2.58 bits per heavy atom. The van der Waals surface area contributed by atoms with Crippen LogP contribution in [0.2, 0.25) is 5.15 Å². The summed E-state index contributed by atoms with van der Waals surface area (Å²) in [5, 5.41) is 0.491. The highest BCUT2D eigenvalue weighted by atomic mass is 35.5. The molecular weight excluding hydrogens is 258 g/mol. The molecule has 1 heterocycles. The minimum atomic E-state index is 0.0341. The van der Waals surface area contributed by atoms with Crippen LogP contribution in [-0.4, -0.2) is 4.98 Å². The van der Waals surface area contributed by atoms with E-state index in [0.717, 1.165) is 12.0 Å². The third-order valence-corrected chi connectivity index (χ3v) is 3.59. The molecule has 1 atom stereocenters. The van der Waals surface area contributed by atoms with E-state index in [-0.39, 0.29) is 6.04 Å². The fourth-order valence-electron chi connectivity index (χ4n) is 2.03. The van der Waals surface area contributed by atoms with E-state index in [0.29, 0.717) is 5.15 Å². The van der Waals surface area contributed by atoms with Crippen LogP contribution >= 0.6 is 11.6 Å². The van der Waals surface area contributed by atoms with Gasteiger partial charge in [-0.25, -0.2) is 4.98 Å². The van der Waals surface area contributed by atoms with Gasteiger partial charge in [0.15, 0.2) is 0 Å². The van der Waals surface area contributed by atoms with Gasteiger partial charge in [0.05, 0.1) is 6.04 Å². The van der Waals surface area contributed by atoms with Gasteiger partial charge in [0.2, 0.25) is 0 Å². The van der Waals surface area contributed by atoms with Crippen molar-refractivity contribution >= 4 is 11.6 Å². The predicted molar refractivity (Wildman–Crippen MR) is 78.9 cm³/mol. The molecule has 100 valence electrons. The Morgan fingerprint density at radius 1 is 1.21 bits per heavy atom. The molecule has 0 spiro atoms. The third-order valence-electron chi connectivity index (χ3n) is 3.36. The Balaban J connectivity index is 2.18. The average Bonchev–Trinajstić information content (AvgIpc) is 2.41. The highest BCUT2D eigenvalue weighted by Crippen LogP contribution is 2.20. The smallest absolute Gasteiger partial charge is 0.129 e. The standard InChI is InChI=1S/C15H18ClN3/c1-10-3-4-12(7-11(10)2)8-14(19-17)13-5-6-15(16)18-9-13/h3-7,9,14,19H,8,17H2,1-2H3. The number of nitrogens with two attached hydrogens (primary N) is 1. The van der Waals surface area contributed by atoms with E-state index in [1.165, 1.54) is 16.7 Å². The van der Waals surface area contributed by atoms with E-state index in [1.807, 2.05) is 6.07 Å². The maximum Gasteiger partial charge on any atom is 0.129 e. The number of nitrogens with zero attached hydrogens (tertiary/aromatic N) is 1. The maximum atomic E-state index is 5.80. The molecule has 4 heteroatoms. The molecule has 1 aromatic heterocycles. The summed E-state index contributed by atoms with van der Waals surface area (Å²) in [4.78, 5) is 4.09. The summed E-state index contributed by atoms with van der Waals surface area (Å²) in [6.07, 6.45) is 2.58. The summed E-state index contributed by atoms with van der Waals surface area (Å²) in [7, 11) is 0. The first-order valence-electron chi connectivity index (χ1n) is 6.24. The summed E-state index contributed by atoms with van der Waals surface area (Å²) in [6, 6.07) is 10.2. The van der Waals surface area contributed by atoms with Crippen molar-refractivity contribution in [1.29, 1.82) is 0 Å². The molecule has 0 fully saturated rings. The second-order valence-corrected chi connectivity index (χ2v) is 5.14. The summed E-state index contributed by atoms with van der Waals surface area (Å²) in [5.41, 5.74) is 7.71. The van der Waals surface area contributed by atoms with Crippen LogP contribution in [0, 0.1) is 13.8 Å². The lowest BCUT2D eigenvalue weighted by molar-refractivity contribution is 0.550. The zero-order valence-corrected chi connectivity index (χ0v) is 11.9. The lowest BCUT2D eigenvalue weighted by atomic mass is 9.98. The second-order valence-electron chi connectivity index (χ2n) is 4.76. The first kappa shape index (κ1) is 14.0. The number of pyridine rings is 1. The molecule has 3 nitrogen and oxygen atoms in total. The van der Waals surface area contributed by atoms with E-state index < -0.39 is 0 Å². The molecule has 1 unspecified atom stereocenters. The molecule has 0 aliphatic carbocycles. The van der Waals surface area contributed by atoms with Gasteiger partial charge in [-0.15, -0.1) is 0 Å². The van der Waals surface area contributed by atoms with Gasteiger partial charge in [-0.3, -0.25) is 11.3 Å². The van der Waals surface area contributed by atoms with Gasteiger partial charge in [-0.1, -0.05) is 35.9 Å². The topological polar surface area (TPSA) is 50.9 Å². The molecule has 19 heavy (non-hydrogen) atoms. The zero-order valence-electron chi connectivity index (χ0n) is 11.2. The number of hydrogen-bond donors (Lipinski definition) is 2. The normalized spacial score (nSPS) is 12.4. The predicted octanol–water partition coefficient (Wildman–Crippen LogP) is 3.10. The van der Waals surface area contributed by atoms with Gasteiger partial charge in [-0.2, -0.15) is 0 Å². The van der Waals surface area contributed by atoms with E-state index in [4.69, 9.17) is 17.4 Å². The molecule has 1 aromatic carbocycles. The van der Waals surface area contributed by atoms with Gasteiger partial charge >= 0.3 is 0 Å². The van der Waals surface area contributed by atoms with Crippen LogP contribution in [0.4, 0.5) is 0 Å². The Labute approximate surface area is 118 Å². The fourth-order valence-corrected chi connectivity index (χ4v) is 2.14. The SMILES string of the molecule is Cc1ccc(CC(NN)c2ccc(Cl)nc2)cc1C. The minimum Gasteiger partial charge on any atom is -0.271 e. The lowest BCUT2D eigenvalue weighted by Crippen LogP contribution is -2.29. The van der Waals surface area contributed by atoms with Gasteiger partial charge in [0.25, 0.3) is 0 Å². The summed E-state index contributed by atoms with van der Waals surface area (Å²) >= 11 is 5.80. The van der Waals surface area contributed by atoms with Crippen molar-refractivity contribution in [3.05, 3.63) is 63.9 Å². The molecule has 0 amide bonds. The van der Waals surface area contributed by atoms with Crippen molar-refractivity contribution < 1.29 is 0 Å². The summed E-state index contributed by atoms with van der Waals surface area (Å²) in [6.45, 7) is 4.23. The Kier molecular flexibility index (Phi) is 4.53. The lowest BCUT2D eigenvalue weighted by Gasteiger charge is -2.16. The van der Waals surface area contributed by atoms with Crippen molar-refractivity contribution in [1.82, 2.24) is 10.4 Å². The fraction of sp³-hybridized carbons (Fsp3) is 0.267. The van der Waals surface area contributed by atoms with Crippen LogP contribution in [0.1, 0.15) is 28.3 Å². The number of benzene rings is 1. The van der Waals surface area contributed by atoms with Crippen molar-refractivity contribution in [2.45, 2.75) is 26.3 Å². The van der Waals surface area contributed by atoms with Crippen LogP contribution < -0.4 is 11.3 Å². The molecular formula is C15H18ClN3. The van der Waals surface area contributed by atoms with Crippen LogP contribution in [0.3, 0.4) is 0 Å². The molecule has 0 saturated carbocycles. The highest BCUT2D eigenvalue weighted by molar-refractivity contribution is 6.29. The molecule has 2 aromatic rings. The van der Waals surface area contributed by atoms with Gasteiger partial charge in [0.1, 0.15) is 5.15 Å². The first-order chi connectivity index (χ1) is 9.10. The number of hydrogen-bond acceptors (Lipinski definition) is 3. The number of hydrazine groups is 1. The van der Waals surface area contributed by atoms with Gasteiger partial charge in [-0.05, 0) is 48.6 Å². The first-order valence-corrected chi connectivity index (χ1v) is 6.61. The second kappa shape index (κ2) is 6.15. The van der Waals surface area contributed by atoms with Crippen molar-refractivity contribution in [3.8, 4) is 0 Å². The minimum absolute atomic E-state index is 0.0341. The average molecular weight is 276 g/mol. The van der Waals surface area contributed by atoms with Crippen molar-refractivity contribution in [2.24, 2.45) is 5.84 Å². The number of aryl methyl sites for hydroxylation is 2. The van der Waals surface area contributed by atoms with Crippen LogP contribution in [0.5, 0.6) is 0 Å². The van der Waals surface area contributed by atoms with E-state index in [1.54, 1.807) is 12.3 Å². The van der Waals surface area contributed by atoms with E-state index in [9.17, 15) is 0 Å². The number of halogens is 1. The highest BCUT2D eigenvalue weighted by Gasteiger charge is 2.11. The molecule has 0 bridgehead atoms. The maximum absolute atomic E-state index is 5.80. The van der Waals surface area contributed by atoms with Crippen LogP contribution in [-0.2, 0) is 6.42 Å². The molecule has 0 aliphatic heterocycles. The number of rotatable bonds is 4. The Hall–Kier alpha value is -1.42. The van der Waals surface area contributed by atoms with Crippen LogP contribution in [0.25, 0.3) is 0 Å². The van der Waals surface area contributed by atoms with Crippen molar-refractivity contribution in [2.75, 3.05) is 0 Å². The largest absolute Gasteiger partial charge is 0.271 e. The zero-order chi connectivity index (χ0) is 13.8. The van der Waals surface area contributed by atoms with Crippen LogP contribution in [0.15, 0.2) is 36.5 Å². The van der Waals surface area contributed by atoms with E-state index >= 15 is 0 Å².